The molecule has 1 N–H and O–H groups in total. The summed E-state index contributed by atoms with van der Waals surface area (Å²) in [6.45, 7) is 0. The van der Waals surface area contributed by atoms with Crippen molar-refractivity contribution < 1.29 is 5.11 Å². The summed E-state index contributed by atoms with van der Waals surface area (Å²) in [6, 6.07) is 10.4. The fourth-order valence-electron chi connectivity index (χ4n) is 3.45. The Labute approximate surface area is 117 Å². The van der Waals surface area contributed by atoms with Gasteiger partial charge in [-0.15, -0.1) is 0 Å². The normalized spacial score (nSPS) is 21.1. The molecule has 2 rings (SSSR count). The van der Waals surface area contributed by atoms with E-state index in [-0.39, 0.29) is 11.6 Å². The highest BCUT2D eigenvalue weighted by Crippen LogP contribution is 2.35. The van der Waals surface area contributed by atoms with Gasteiger partial charge in [0.25, 0.3) is 0 Å². The van der Waals surface area contributed by atoms with E-state index < -0.39 is 0 Å². The third-order valence-electron chi connectivity index (χ3n) is 4.75. The quantitative estimate of drug-likeness (QED) is 0.841. The molecule has 1 aromatic rings. The highest BCUT2D eigenvalue weighted by Gasteiger charge is 2.39. The van der Waals surface area contributed by atoms with Crippen LogP contribution in [-0.2, 0) is 6.42 Å². The van der Waals surface area contributed by atoms with Gasteiger partial charge in [-0.2, -0.15) is 0 Å². The molecule has 0 aliphatic heterocycles. The molecule has 1 aliphatic rings. The average molecular weight is 261 g/mol. The van der Waals surface area contributed by atoms with Crippen molar-refractivity contribution in [2.24, 2.45) is 0 Å². The second kappa shape index (κ2) is 6.53. The lowest BCUT2D eigenvalue weighted by atomic mass is 9.80. The minimum atomic E-state index is -0.275. The van der Waals surface area contributed by atoms with Crippen molar-refractivity contribution >= 4 is 0 Å². The van der Waals surface area contributed by atoms with Crippen LogP contribution in [-0.4, -0.2) is 35.7 Å². The van der Waals surface area contributed by atoms with Gasteiger partial charge in [-0.05, 0) is 32.5 Å². The number of aliphatic hydroxyl groups excluding tert-OH is 1. The largest absolute Gasteiger partial charge is 0.391 e. The van der Waals surface area contributed by atoms with Crippen molar-refractivity contribution in [1.82, 2.24) is 4.90 Å². The molecule has 0 amide bonds. The van der Waals surface area contributed by atoms with Gasteiger partial charge in [-0.25, -0.2) is 0 Å². The molecule has 1 fully saturated rings. The van der Waals surface area contributed by atoms with Crippen LogP contribution in [0.5, 0.6) is 0 Å². The predicted octanol–water partition coefficient (Wildman–Crippen LogP) is 3.24. The van der Waals surface area contributed by atoms with Gasteiger partial charge in [-0.3, -0.25) is 0 Å². The molecule has 0 saturated heterocycles. The molecule has 19 heavy (non-hydrogen) atoms. The SMILES string of the molecule is CN(C)C1(C(O)Cc2ccccc2)CCCCCC1. The number of benzene rings is 1. The van der Waals surface area contributed by atoms with Crippen molar-refractivity contribution in [1.29, 1.82) is 0 Å². The molecule has 0 aromatic heterocycles. The van der Waals surface area contributed by atoms with Crippen LogP contribution >= 0.6 is 0 Å². The average Bonchev–Trinajstić information content (AvgIpc) is 2.66. The summed E-state index contributed by atoms with van der Waals surface area (Å²) in [5.41, 5.74) is 1.20. The van der Waals surface area contributed by atoms with Crippen LogP contribution in [0.3, 0.4) is 0 Å². The minimum Gasteiger partial charge on any atom is -0.391 e. The van der Waals surface area contributed by atoms with Gasteiger partial charge >= 0.3 is 0 Å². The van der Waals surface area contributed by atoms with Crippen LogP contribution in [0.4, 0.5) is 0 Å². The molecule has 1 atom stereocenters. The van der Waals surface area contributed by atoms with E-state index >= 15 is 0 Å². The van der Waals surface area contributed by atoms with Crippen LogP contribution in [0.15, 0.2) is 30.3 Å². The maximum atomic E-state index is 10.8. The summed E-state index contributed by atoms with van der Waals surface area (Å²) in [7, 11) is 4.25. The highest BCUT2D eigenvalue weighted by atomic mass is 16.3. The van der Waals surface area contributed by atoms with E-state index in [1.807, 2.05) is 6.07 Å². The zero-order valence-electron chi connectivity index (χ0n) is 12.3. The molecule has 0 spiro atoms. The maximum absolute atomic E-state index is 10.8. The Balaban J connectivity index is 2.13. The molecule has 1 aliphatic carbocycles. The second-order valence-electron chi connectivity index (χ2n) is 6.12. The number of hydrogen-bond acceptors (Lipinski definition) is 2. The van der Waals surface area contributed by atoms with Crippen molar-refractivity contribution in [2.75, 3.05) is 14.1 Å². The lowest BCUT2D eigenvalue weighted by Crippen LogP contribution is -2.54. The first-order valence-corrected chi connectivity index (χ1v) is 7.54. The lowest BCUT2D eigenvalue weighted by Gasteiger charge is -2.43. The number of likely N-dealkylation sites (N-methyl/N-ethyl adjacent to an activating group) is 1. The van der Waals surface area contributed by atoms with Crippen LogP contribution in [0.2, 0.25) is 0 Å². The summed E-state index contributed by atoms with van der Waals surface area (Å²) < 4.78 is 0. The summed E-state index contributed by atoms with van der Waals surface area (Å²) in [5, 5.41) is 10.8. The topological polar surface area (TPSA) is 23.5 Å². The molecule has 2 heteroatoms. The zero-order chi connectivity index (χ0) is 13.7. The molecule has 0 radical (unpaired) electrons. The third-order valence-corrected chi connectivity index (χ3v) is 4.75. The van der Waals surface area contributed by atoms with E-state index in [2.05, 4.69) is 43.3 Å². The Bertz CT molecular complexity index is 366. The number of hydrogen-bond donors (Lipinski definition) is 1. The molecule has 2 nitrogen and oxygen atoms in total. The minimum absolute atomic E-state index is 0.0354. The Morgan fingerprint density at radius 3 is 2.16 bits per heavy atom. The molecule has 106 valence electrons. The van der Waals surface area contributed by atoms with Crippen LogP contribution in [0.25, 0.3) is 0 Å². The van der Waals surface area contributed by atoms with Gasteiger partial charge in [-0.1, -0.05) is 56.0 Å². The van der Waals surface area contributed by atoms with Crippen molar-refractivity contribution in [3.8, 4) is 0 Å². The lowest BCUT2D eigenvalue weighted by molar-refractivity contribution is -0.0174. The van der Waals surface area contributed by atoms with E-state index in [0.29, 0.717) is 0 Å². The summed E-state index contributed by atoms with van der Waals surface area (Å²) in [4.78, 5) is 2.27. The number of rotatable bonds is 4. The van der Waals surface area contributed by atoms with Crippen LogP contribution in [0.1, 0.15) is 44.1 Å². The molecule has 1 aromatic carbocycles. The van der Waals surface area contributed by atoms with Gasteiger partial charge in [0.05, 0.1) is 6.10 Å². The molecule has 0 bridgehead atoms. The highest BCUT2D eigenvalue weighted by molar-refractivity contribution is 5.17. The van der Waals surface area contributed by atoms with Gasteiger partial charge in [0.1, 0.15) is 0 Å². The van der Waals surface area contributed by atoms with E-state index in [0.717, 1.165) is 19.3 Å². The fraction of sp³-hybridized carbons (Fsp3) is 0.647. The van der Waals surface area contributed by atoms with Crippen LogP contribution < -0.4 is 0 Å². The molecule has 1 unspecified atom stereocenters. The van der Waals surface area contributed by atoms with E-state index in [9.17, 15) is 5.11 Å². The third kappa shape index (κ3) is 3.37. The molecule has 1 saturated carbocycles. The van der Waals surface area contributed by atoms with E-state index in [1.54, 1.807) is 0 Å². The van der Waals surface area contributed by atoms with E-state index in [4.69, 9.17) is 0 Å². The van der Waals surface area contributed by atoms with E-state index in [1.165, 1.54) is 31.2 Å². The van der Waals surface area contributed by atoms with Crippen LogP contribution in [0, 0.1) is 0 Å². The standard InChI is InChI=1S/C17H27NO/c1-18(2)17(12-8-3-4-9-13-17)16(19)14-15-10-6-5-7-11-15/h5-7,10-11,16,19H,3-4,8-9,12-14H2,1-2H3. The van der Waals surface area contributed by atoms with Crippen molar-refractivity contribution in [2.45, 2.75) is 56.6 Å². The predicted molar refractivity (Wildman–Crippen MR) is 80.3 cm³/mol. The van der Waals surface area contributed by atoms with Gasteiger partial charge in [0.15, 0.2) is 0 Å². The first-order chi connectivity index (χ1) is 9.15. The molecule has 0 heterocycles. The smallest absolute Gasteiger partial charge is 0.0763 e. The fourth-order valence-corrected chi connectivity index (χ4v) is 3.45. The maximum Gasteiger partial charge on any atom is 0.0763 e. The second-order valence-corrected chi connectivity index (χ2v) is 6.12. The summed E-state index contributed by atoms with van der Waals surface area (Å²) in [5.74, 6) is 0. The zero-order valence-corrected chi connectivity index (χ0v) is 12.3. The number of nitrogens with zero attached hydrogens (tertiary/aromatic N) is 1. The Morgan fingerprint density at radius 1 is 1.05 bits per heavy atom. The monoisotopic (exact) mass is 261 g/mol. The van der Waals surface area contributed by atoms with Gasteiger partial charge < -0.3 is 10.0 Å². The first kappa shape index (κ1) is 14.5. The molecular formula is C17H27NO. The van der Waals surface area contributed by atoms with Crippen molar-refractivity contribution in [3.05, 3.63) is 35.9 Å². The summed E-state index contributed by atoms with van der Waals surface area (Å²) in [6.07, 6.45) is 7.83. The Hall–Kier alpha value is -0.860. The van der Waals surface area contributed by atoms with Gasteiger partial charge in [0.2, 0.25) is 0 Å². The first-order valence-electron chi connectivity index (χ1n) is 7.54. The van der Waals surface area contributed by atoms with Crippen molar-refractivity contribution in [3.63, 3.8) is 0 Å². The Morgan fingerprint density at radius 2 is 1.63 bits per heavy atom. The molecular weight excluding hydrogens is 234 g/mol. The van der Waals surface area contributed by atoms with Gasteiger partial charge in [0, 0.05) is 12.0 Å². The summed E-state index contributed by atoms with van der Waals surface area (Å²) >= 11 is 0. The Kier molecular flexibility index (Phi) is 5.00. The number of aliphatic hydroxyl groups is 1.